The Morgan fingerprint density at radius 1 is 1.22 bits per heavy atom. The van der Waals surface area contributed by atoms with E-state index >= 15 is 0 Å². The Bertz CT molecular complexity index is 658. The molecule has 0 aliphatic carbocycles. The summed E-state index contributed by atoms with van der Waals surface area (Å²) < 4.78 is 0. The monoisotopic (exact) mass is 354 g/mol. The largest absolute Gasteiger partial charge is 0.330 e. The van der Waals surface area contributed by atoms with E-state index in [9.17, 15) is 9.59 Å². The van der Waals surface area contributed by atoms with Gasteiger partial charge in [0, 0.05) is 30.0 Å². The van der Waals surface area contributed by atoms with Gasteiger partial charge < -0.3 is 16.4 Å². The number of halogens is 1. The first-order valence-corrected chi connectivity index (χ1v) is 7.80. The van der Waals surface area contributed by atoms with Crippen molar-refractivity contribution in [2.45, 2.75) is 19.8 Å². The van der Waals surface area contributed by atoms with E-state index in [-0.39, 0.29) is 24.2 Å². The van der Waals surface area contributed by atoms with Gasteiger partial charge in [-0.15, -0.1) is 23.7 Å². The average Bonchev–Trinajstić information content (AvgIpc) is 2.93. The van der Waals surface area contributed by atoms with Crippen LogP contribution in [0.1, 0.15) is 19.8 Å². The second kappa shape index (κ2) is 9.24. The fourth-order valence-corrected chi connectivity index (χ4v) is 2.57. The Morgan fingerprint density at radius 3 is 2.52 bits per heavy atom. The number of anilines is 2. The van der Waals surface area contributed by atoms with Gasteiger partial charge >= 0.3 is 0 Å². The molecule has 2 amide bonds. The zero-order valence-electron chi connectivity index (χ0n) is 12.7. The molecule has 0 saturated carbocycles. The number of nitrogens with two attached hydrogens (primary N) is 1. The molecule has 0 spiro atoms. The summed E-state index contributed by atoms with van der Waals surface area (Å²) in [6, 6.07) is 7.38. The molecule has 0 radical (unpaired) electrons. The number of nitrogens with one attached hydrogen (secondary N) is 2. The Morgan fingerprint density at radius 2 is 1.91 bits per heavy atom. The van der Waals surface area contributed by atoms with Crippen molar-refractivity contribution in [3.05, 3.63) is 29.6 Å². The number of hydrogen-bond acceptors (Lipinski definition) is 5. The SMILES string of the molecule is CC(=O)Nc1ccc(-c2csc(NC(=O)CCCN)n2)cc1.Cl. The maximum atomic E-state index is 11.6. The van der Waals surface area contributed by atoms with Gasteiger partial charge in [0.25, 0.3) is 0 Å². The molecule has 8 heteroatoms. The van der Waals surface area contributed by atoms with Crippen LogP contribution in [0.15, 0.2) is 29.6 Å². The standard InChI is InChI=1S/C15H18N4O2S.ClH/c1-10(20)17-12-6-4-11(5-7-12)13-9-22-15(18-13)19-14(21)3-2-8-16;/h4-7,9H,2-3,8,16H2,1H3,(H,17,20)(H,18,19,21);1H. The zero-order chi connectivity index (χ0) is 15.9. The summed E-state index contributed by atoms with van der Waals surface area (Å²) in [5.74, 6) is -0.184. The Hall–Kier alpha value is -1.96. The van der Waals surface area contributed by atoms with Crippen molar-refractivity contribution in [3.8, 4) is 11.3 Å². The smallest absolute Gasteiger partial charge is 0.226 e. The lowest BCUT2D eigenvalue weighted by molar-refractivity contribution is -0.116. The molecule has 0 fully saturated rings. The van der Waals surface area contributed by atoms with Gasteiger partial charge in [0.15, 0.2) is 5.13 Å². The Labute approximate surface area is 144 Å². The molecule has 0 atom stereocenters. The molecule has 0 aliphatic heterocycles. The minimum Gasteiger partial charge on any atom is -0.330 e. The van der Waals surface area contributed by atoms with Crippen molar-refractivity contribution >= 4 is 46.4 Å². The third kappa shape index (κ3) is 5.97. The van der Waals surface area contributed by atoms with Crippen LogP contribution in [0.25, 0.3) is 11.3 Å². The van der Waals surface area contributed by atoms with Crippen LogP contribution in [0.3, 0.4) is 0 Å². The summed E-state index contributed by atoms with van der Waals surface area (Å²) in [7, 11) is 0. The van der Waals surface area contributed by atoms with Gasteiger partial charge in [-0.25, -0.2) is 4.98 Å². The molecule has 0 saturated heterocycles. The number of hydrogen-bond donors (Lipinski definition) is 3. The molecule has 0 bridgehead atoms. The van der Waals surface area contributed by atoms with Gasteiger partial charge in [-0.1, -0.05) is 12.1 Å². The lowest BCUT2D eigenvalue weighted by atomic mass is 10.1. The zero-order valence-corrected chi connectivity index (χ0v) is 14.3. The minimum absolute atomic E-state index is 0. The summed E-state index contributed by atoms with van der Waals surface area (Å²) in [5.41, 5.74) is 7.82. The first-order chi connectivity index (χ1) is 10.6. The highest BCUT2D eigenvalue weighted by Crippen LogP contribution is 2.26. The normalized spacial score (nSPS) is 9.83. The molecule has 1 heterocycles. The third-order valence-electron chi connectivity index (χ3n) is 2.86. The number of rotatable bonds is 6. The third-order valence-corrected chi connectivity index (χ3v) is 3.62. The number of benzene rings is 1. The lowest BCUT2D eigenvalue weighted by Crippen LogP contribution is -2.13. The Balaban J connectivity index is 0.00000264. The van der Waals surface area contributed by atoms with Crippen LogP contribution in [0.2, 0.25) is 0 Å². The van der Waals surface area contributed by atoms with Crippen molar-refractivity contribution in [3.63, 3.8) is 0 Å². The molecule has 2 rings (SSSR count). The molecule has 4 N–H and O–H groups in total. The van der Waals surface area contributed by atoms with E-state index in [2.05, 4.69) is 15.6 Å². The molecule has 1 aromatic heterocycles. The van der Waals surface area contributed by atoms with Crippen LogP contribution in [0.4, 0.5) is 10.8 Å². The van der Waals surface area contributed by atoms with Crippen molar-refractivity contribution in [1.82, 2.24) is 4.98 Å². The lowest BCUT2D eigenvalue weighted by Gasteiger charge is -2.03. The quantitative estimate of drug-likeness (QED) is 0.743. The van der Waals surface area contributed by atoms with E-state index in [1.165, 1.54) is 18.3 Å². The molecular formula is C15H19ClN4O2S. The molecule has 1 aromatic carbocycles. The van der Waals surface area contributed by atoms with Crippen LogP contribution < -0.4 is 16.4 Å². The number of nitrogens with zero attached hydrogens (tertiary/aromatic N) is 1. The molecule has 0 unspecified atom stereocenters. The van der Waals surface area contributed by atoms with Crippen LogP contribution in [0, 0.1) is 0 Å². The van der Waals surface area contributed by atoms with Gasteiger partial charge in [0.1, 0.15) is 0 Å². The van der Waals surface area contributed by atoms with E-state index in [0.717, 1.165) is 16.9 Å². The molecule has 2 aromatic rings. The number of thiazole rings is 1. The van der Waals surface area contributed by atoms with E-state index in [1.54, 1.807) is 0 Å². The molecule has 23 heavy (non-hydrogen) atoms. The first kappa shape index (κ1) is 19.1. The summed E-state index contributed by atoms with van der Waals surface area (Å²) in [6.07, 6.45) is 1.06. The topological polar surface area (TPSA) is 97.1 Å². The summed E-state index contributed by atoms with van der Waals surface area (Å²) in [6.45, 7) is 1.96. The predicted octanol–water partition coefficient (Wildman–Crippen LogP) is 2.87. The fourth-order valence-electron chi connectivity index (χ4n) is 1.84. The number of amides is 2. The summed E-state index contributed by atoms with van der Waals surface area (Å²) in [4.78, 5) is 27.0. The highest BCUT2D eigenvalue weighted by Gasteiger charge is 2.08. The van der Waals surface area contributed by atoms with Crippen molar-refractivity contribution in [2.75, 3.05) is 17.2 Å². The van der Waals surface area contributed by atoms with Gasteiger partial charge in [0.05, 0.1) is 5.69 Å². The number of carbonyl (C=O) groups excluding carboxylic acids is 2. The summed E-state index contributed by atoms with van der Waals surface area (Å²) >= 11 is 1.38. The van der Waals surface area contributed by atoms with Crippen LogP contribution >= 0.6 is 23.7 Å². The maximum absolute atomic E-state index is 11.6. The second-order valence-corrected chi connectivity index (χ2v) is 5.59. The van der Waals surface area contributed by atoms with Gasteiger partial charge in [0.2, 0.25) is 11.8 Å². The second-order valence-electron chi connectivity index (χ2n) is 4.74. The van der Waals surface area contributed by atoms with Crippen LogP contribution in [-0.4, -0.2) is 23.3 Å². The molecule has 124 valence electrons. The van der Waals surface area contributed by atoms with Crippen molar-refractivity contribution < 1.29 is 9.59 Å². The Kier molecular flexibility index (Phi) is 7.67. The van der Waals surface area contributed by atoms with E-state index in [1.807, 2.05) is 29.6 Å². The highest BCUT2D eigenvalue weighted by atomic mass is 35.5. The minimum atomic E-state index is -0.108. The highest BCUT2D eigenvalue weighted by molar-refractivity contribution is 7.14. The predicted molar refractivity (Wildman–Crippen MR) is 96.0 cm³/mol. The van der Waals surface area contributed by atoms with Crippen LogP contribution in [-0.2, 0) is 9.59 Å². The van der Waals surface area contributed by atoms with Gasteiger partial charge in [-0.2, -0.15) is 0 Å². The fraction of sp³-hybridized carbons (Fsp3) is 0.267. The van der Waals surface area contributed by atoms with Crippen LogP contribution in [0.5, 0.6) is 0 Å². The molecular weight excluding hydrogens is 336 g/mol. The number of carbonyl (C=O) groups is 2. The van der Waals surface area contributed by atoms with Gasteiger partial charge in [-0.05, 0) is 25.1 Å². The van der Waals surface area contributed by atoms with Crippen molar-refractivity contribution in [1.29, 1.82) is 0 Å². The van der Waals surface area contributed by atoms with E-state index in [0.29, 0.717) is 24.5 Å². The number of aromatic nitrogens is 1. The average molecular weight is 355 g/mol. The van der Waals surface area contributed by atoms with Gasteiger partial charge in [-0.3, -0.25) is 9.59 Å². The molecule has 6 nitrogen and oxygen atoms in total. The maximum Gasteiger partial charge on any atom is 0.226 e. The first-order valence-electron chi connectivity index (χ1n) is 6.92. The summed E-state index contributed by atoms with van der Waals surface area (Å²) in [5, 5.41) is 7.92. The van der Waals surface area contributed by atoms with Crippen molar-refractivity contribution in [2.24, 2.45) is 5.73 Å². The van der Waals surface area contributed by atoms with E-state index in [4.69, 9.17) is 5.73 Å². The van der Waals surface area contributed by atoms with E-state index < -0.39 is 0 Å². The molecule has 0 aliphatic rings.